The minimum atomic E-state index is -5.12. The van der Waals surface area contributed by atoms with Crippen LogP contribution in [0.1, 0.15) is 102 Å². The lowest BCUT2D eigenvalue weighted by molar-refractivity contribution is -0.218. The lowest BCUT2D eigenvalue weighted by Gasteiger charge is -2.50. The Balaban J connectivity index is 1.28. The average Bonchev–Trinajstić information content (AvgIpc) is 3.69. The second-order valence-electron chi connectivity index (χ2n) is 19.9. The maximum Gasteiger partial charge on any atom is 0.418 e. The predicted molar refractivity (Wildman–Crippen MR) is 272 cm³/mol. The van der Waals surface area contributed by atoms with Gasteiger partial charge >= 0.3 is 28.6 Å². The summed E-state index contributed by atoms with van der Waals surface area (Å²) in [4.78, 5) is 84.3. The molecule has 2 fully saturated rings. The second kappa shape index (κ2) is 23.4. The monoisotopic (exact) mass is 1060 g/mol. The zero-order chi connectivity index (χ0) is 54.2. The molecular formula is C50H62N8O14S2. The highest BCUT2D eigenvalue weighted by Crippen LogP contribution is 2.34. The van der Waals surface area contributed by atoms with E-state index < -0.39 is 87.7 Å². The Kier molecular flexibility index (Phi) is 17.7. The first kappa shape index (κ1) is 56.2. The maximum absolute atomic E-state index is 14.4. The molecule has 2 saturated heterocycles. The Labute approximate surface area is 433 Å². The number of β-lactam (4-membered cyclic amide) rings is 1. The molecule has 3 heterocycles. The van der Waals surface area contributed by atoms with E-state index in [0.29, 0.717) is 45.7 Å². The summed E-state index contributed by atoms with van der Waals surface area (Å²) < 4.78 is 60.0. The number of aromatic nitrogens is 1. The standard InChI is InChI=1S/C50H62N8O14S2/c1-30-37(53-45(73-30)55-46(62)69-48(2,3)4)38(42(59)54-40-43(60)58(50(40,8)9)72-74(64,65)66)56-71-36(44(61)68-39(32-17-12-10-13-18-32)33-19-14-11-15-20-33)29-67-35-24-22-31(23-25-35)27-52-41(51)34-21-16-26-57(28-34)47(63)70-49(5,6)7/h10-15,17-20,22-25,34,36,39-40H,16,21,26-29H2,1-9H3,(H2,51,52)(H,54,59)(H,53,55,62)(H,64,65,66)/b56-38-/t34-,36+,40-/m1/s1. The fourth-order valence-electron chi connectivity index (χ4n) is 7.59. The number of rotatable bonds is 18. The van der Waals surface area contributed by atoms with Gasteiger partial charge in [0.1, 0.15) is 35.3 Å². The molecule has 24 heteroatoms. The summed E-state index contributed by atoms with van der Waals surface area (Å²) in [5, 5.41) is 9.53. The SMILES string of the molecule is Cc1sc(NC(=O)OC(C)(C)C)nc1/C(=N/O[C@@H](COc1ccc(CN=C(N)[C@@H]2CCCN(C(=O)OC(C)(C)C)C2)cc1)C(=O)OC(c1ccccc1)c1ccccc1)C(=O)N[C@@H]1C(=O)N(OS(=O)(=O)O)C1(C)C. The molecule has 1 aromatic heterocycles. The molecule has 22 nitrogen and oxygen atoms in total. The number of ether oxygens (including phenoxy) is 4. The van der Waals surface area contributed by atoms with Crippen molar-refractivity contribution in [3.05, 3.63) is 112 Å². The molecule has 3 aromatic carbocycles. The summed E-state index contributed by atoms with van der Waals surface area (Å²) in [7, 11) is -5.12. The number of aryl methyl sites for hydroxylation is 1. The number of esters is 1. The molecule has 0 unspecified atom stereocenters. The van der Waals surface area contributed by atoms with E-state index in [1.165, 1.54) is 13.8 Å². The minimum absolute atomic E-state index is 0.0106. The van der Waals surface area contributed by atoms with Crippen LogP contribution in [0.2, 0.25) is 0 Å². The van der Waals surface area contributed by atoms with E-state index in [2.05, 4.69) is 30.0 Å². The molecule has 2 aliphatic rings. The number of hydrogen-bond donors (Lipinski definition) is 4. The van der Waals surface area contributed by atoms with Gasteiger partial charge in [-0.3, -0.25) is 24.5 Å². The number of nitrogens with one attached hydrogen (secondary N) is 2. The summed E-state index contributed by atoms with van der Waals surface area (Å²) in [6, 6.07) is 23.3. The molecule has 74 heavy (non-hydrogen) atoms. The van der Waals surface area contributed by atoms with E-state index in [-0.39, 0.29) is 23.3 Å². The number of likely N-dealkylation sites (tertiary alicyclic amines) is 1. The molecule has 4 aromatic rings. The number of amidine groups is 1. The summed E-state index contributed by atoms with van der Waals surface area (Å²) in [6.45, 7) is 15.4. The van der Waals surface area contributed by atoms with Crippen LogP contribution in [0, 0.1) is 12.8 Å². The van der Waals surface area contributed by atoms with Crippen LogP contribution in [0.15, 0.2) is 95.1 Å². The number of benzene rings is 3. The molecule has 0 aliphatic carbocycles. The molecule has 398 valence electrons. The molecule has 3 atom stereocenters. The number of hydrogen-bond acceptors (Lipinski definition) is 17. The van der Waals surface area contributed by atoms with Gasteiger partial charge in [-0.15, -0.1) is 15.6 Å². The molecule has 2 aliphatic heterocycles. The first-order valence-corrected chi connectivity index (χ1v) is 25.7. The summed E-state index contributed by atoms with van der Waals surface area (Å²) in [5.74, 6) is -2.52. The van der Waals surface area contributed by atoms with Crippen molar-refractivity contribution in [2.24, 2.45) is 21.8 Å². The molecule has 0 saturated carbocycles. The number of nitrogens with zero attached hydrogens (tertiary/aromatic N) is 5. The van der Waals surface area contributed by atoms with Crippen LogP contribution < -0.4 is 21.1 Å². The van der Waals surface area contributed by atoms with Crippen LogP contribution in [-0.4, -0.2) is 118 Å². The van der Waals surface area contributed by atoms with Crippen LogP contribution in [0.4, 0.5) is 14.7 Å². The van der Waals surface area contributed by atoms with Crippen molar-refractivity contribution in [2.45, 2.75) is 117 Å². The van der Waals surface area contributed by atoms with Crippen molar-refractivity contribution in [1.29, 1.82) is 0 Å². The van der Waals surface area contributed by atoms with Gasteiger partial charge in [0, 0.05) is 23.9 Å². The molecule has 6 rings (SSSR count). The Morgan fingerprint density at radius 2 is 1.54 bits per heavy atom. The van der Waals surface area contributed by atoms with Crippen LogP contribution in [0.3, 0.4) is 0 Å². The van der Waals surface area contributed by atoms with Gasteiger partial charge in [-0.2, -0.15) is 13.5 Å². The van der Waals surface area contributed by atoms with E-state index in [1.54, 1.807) is 105 Å². The molecule has 0 spiro atoms. The van der Waals surface area contributed by atoms with Gasteiger partial charge in [0.2, 0.25) is 0 Å². The van der Waals surface area contributed by atoms with Crippen molar-refractivity contribution in [3.63, 3.8) is 0 Å². The zero-order valence-electron chi connectivity index (χ0n) is 42.5. The fraction of sp³-hybridized carbons (Fsp3) is 0.440. The highest BCUT2D eigenvalue weighted by Gasteiger charge is 2.58. The average molecular weight is 1060 g/mol. The number of hydroxylamine groups is 2. The fourth-order valence-corrected chi connectivity index (χ4v) is 8.85. The largest absolute Gasteiger partial charge is 0.489 e. The first-order valence-electron chi connectivity index (χ1n) is 23.5. The van der Waals surface area contributed by atoms with E-state index in [9.17, 15) is 36.9 Å². The van der Waals surface area contributed by atoms with Crippen molar-refractivity contribution in [3.8, 4) is 5.75 Å². The normalized spacial score (nSPS) is 17.7. The van der Waals surface area contributed by atoms with E-state index in [0.717, 1.165) is 29.7 Å². The van der Waals surface area contributed by atoms with Crippen molar-refractivity contribution < 1.29 is 65.0 Å². The minimum Gasteiger partial charge on any atom is -0.489 e. The summed E-state index contributed by atoms with van der Waals surface area (Å²) in [5.41, 5.74) is 4.72. The van der Waals surface area contributed by atoms with E-state index in [1.807, 2.05) is 32.9 Å². The third-order valence-corrected chi connectivity index (χ3v) is 12.4. The van der Waals surface area contributed by atoms with Gasteiger partial charge in [0.15, 0.2) is 16.9 Å². The summed E-state index contributed by atoms with van der Waals surface area (Å²) >= 11 is 0.948. The highest BCUT2D eigenvalue weighted by molar-refractivity contribution is 7.80. The number of anilines is 1. The molecule has 0 radical (unpaired) electrons. The predicted octanol–water partition coefficient (Wildman–Crippen LogP) is 6.64. The Morgan fingerprint density at radius 1 is 0.932 bits per heavy atom. The van der Waals surface area contributed by atoms with Crippen molar-refractivity contribution >= 4 is 68.4 Å². The molecular weight excluding hydrogens is 1000 g/mol. The van der Waals surface area contributed by atoms with Gasteiger partial charge in [-0.05, 0) is 104 Å². The van der Waals surface area contributed by atoms with Gasteiger partial charge < -0.3 is 39.7 Å². The van der Waals surface area contributed by atoms with Crippen molar-refractivity contribution in [2.75, 3.05) is 25.0 Å². The number of piperidine rings is 1. The van der Waals surface area contributed by atoms with Gasteiger partial charge in [-0.25, -0.2) is 19.4 Å². The Morgan fingerprint density at radius 3 is 2.11 bits per heavy atom. The van der Waals surface area contributed by atoms with Gasteiger partial charge in [0.25, 0.3) is 17.9 Å². The Hall–Kier alpha value is -7.15. The van der Waals surface area contributed by atoms with Crippen LogP contribution in [-0.2, 0) is 54.7 Å². The summed E-state index contributed by atoms with van der Waals surface area (Å²) in [6.07, 6.45) is -2.36. The number of nitrogens with two attached hydrogens (primary N) is 1. The van der Waals surface area contributed by atoms with E-state index >= 15 is 0 Å². The number of amides is 4. The number of thiazole rings is 1. The quantitative estimate of drug-likeness (QED) is 0.0154. The Bertz CT molecular complexity index is 2790. The maximum atomic E-state index is 14.4. The lowest BCUT2D eigenvalue weighted by atomic mass is 9.84. The number of carbonyl (C=O) groups excluding carboxylic acids is 5. The third-order valence-electron chi connectivity index (χ3n) is 11.2. The van der Waals surface area contributed by atoms with E-state index in [4.69, 9.17) is 29.5 Å². The van der Waals surface area contributed by atoms with Crippen LogP contribution >= 0.6 is 11.3 Å². The highest BCUT2D eigenvalue weighted by atomic mass is 32.3. The first-order chi connectivity index (χ1) is 34.7. The number of aliphatic imine (C=N–C) groups is 1. The third kappa shape index (κ3) is 15.4. The van der Waals surface area contributed by atoms with Crippen molar-refractivity contribution in [1.82, 2.24) is 20.3 Å². The molecule has 5 N–H and O–H groups in total. The topological polar surface area (TPSA) is 289 Å². The second-order valence-corrected chi connectivity index (χ2v) is 22.1. The zero-order valence-corrected chi connectivity index (χ0v) is 44.2. The van der Waals surface area contributed by atoms with Crippen LogP contribution in [0.5, 0.6) is 5.75 Å². The smallest absolute Gasteiger partial charge is 0.418 e. The lowest BCUT2D eigenvalue weighted by Crippen LogP contribution is -2.76. The number of oxime groups is 1. The van der Waals surface area contributed by atoms with Gasteiger partial charge in [0.05, 0.1) is 17.9 Å². The number of carbonyl (C=O) groups is 5. The van der Waals surface area contributed by atoms with Crippen LogP contribution in [0.25, 0.3) is 0 Å². The van der Waals surface area contributed by atoms with Gasteiger partial charge in [-0.1, -0.05) is 78.0 Å². The molecule has 0 bridgehead atoms. The molecule has 4 amide bonds.